The third-order valence-corrected chi connectivity index (χ3v) is 2.61. The summed E-state index contributed by atoms with van der Waals surface area (Å²) in [5.74, 6) is -0.149. The molecule has 0 bridgehead atoms. The number of aryl methyl sites for hydroxylation is 1. The second kappa shape index (κ2) is 4.18. The van der Waals surface area contributed by atoms with Gasteiger partial charge in [0.2, 0.25) is 0 Å². The van der Waals surface area contributed by atoms with Crippen LogP contribution in [0.3, 0.4) is 0 Å². The van der Waals surface area contributed by atoms with Gasteiger partial charge in [0.25, 0.3) is 5.56 Å². The summed E-state index contributed by atoms with van der Waals surface area (Å²) in [6.07, 6.45) is -4.67. The number of rotatable bonds is 1. The summed E-state index contributed by atoms with van der Waals surface area (Å²) in [5.41, 5.74) is -3.14. The van der Waals surface area contributed by atoms with Gasteiger partial charge in [-0.05, 0) is 13.0 Å². The summed E-state index contributed by atoms with van der Waals surface area (Å²) in [5, 5.41) is 3.34. The Labute approximate surface area is 104 Å². The number of fused-ring (bicyclic) bond motifs is 1. The average molecular weight is 274 g/mol. The van der Waals surface area contributed by atoms with Crippen LogP contribution >= 0.6 is 0 Å². The highest BCUT2D eigenvalue weighted by Crippen LogP contribution is 2.29. The van der Waals surface area contributed by atoms with E-state index in [0.29, 0.717) is 10.6 Å². The van der Waals surface area contributed by atoms with Crippen LogP contribution in [0.2, 0.25) is 0 Å². The van der Waals surface area contributed by atoms with Crippen LogP contribution in [0.1, 0.15) is 12.6 Å². The summed E-state index contributed by atoms with van der Waals surface area (Å²) < 4.78 is 39.6. The molecule has 2 rings (SSSR count). The highest BCUT2D eigenvalue weighted by molar-refractivity contribution is 5.54. The fourth-order valence-corrected chi connectivity index (χ4v) is 1.61. The van der Waals surface area contributed by atoms with Crippen molar-refractivity contribution in [3.8, 4) is 11.4 Å². The van der Waals surface area contributed by atoms with E-state index in [0.717, 1.165) is 11.7 Å². The standard InChI is InChI=1S/C10H9F3N4O2/c1-3-17-7-5(4-6(15-17)10(11,12)13)8(18)16(2)9(19)14-7/h4H,3H2,1-2H3. The lowest BCUT2D eigenvalue weighted by Crippen LogP contribution is -2.36. The van der Waals surface area contributed by atoms with Crippen molar-refractivity contribution < 1.29 is 13.2 Å². The second-order valence-corrected chi connectivity index (χ2v) is 3.84. The molecular weight excluding hydrogens is 265 g/mol. The first-order chi connectivity index (χ1) is 8.75. The van der Waals surface area contributed by atoms with Crippen LogP contribution in [-0.2, 0) is 19.8 Å². The van der Waals surface area contributed by atoms with Gasteiger partial charge in [0.1, 0.15) is 0 Å². The van der Waals surface area contributed by atoms with Crippen LogP contribution in [0, 0.1) is 0 Å². The van der Waals surface area contributed by atoms with E-state index in [9.17, 15) is 22.8 Å². The van der Waals surface area contributed by atoms with E-state index in [1.54, 1.807) is 0 Å². The van der Waals surface area contributed by atoms with Crippen LogP contribution in [0.25, 0.3) is 11.4 Å². The van der Waals surface area contributed by atoms with Gasteiger partial charge in [-0.3, -0.25) is 9.36 Å². The van der Waals surface area contributed by atoms with Crippen LogP contribution in [0.5, 0.6) is 0 Å². The Kier molecular flexibility index (Phi) is 2.91. The van der Waals surface area contributed by atoms with Crippen molar-refractivity contribution in [3.05, 3.63) is 32.6 Å². The second-order valence-electron chi connectivity index (χ2n) is 3.84. The highest BCUT2D eigenvalue weighted by atomic mass is 19.4. The lowest BCUT2D eigenvalue weighted by molar-refractivity contribution is -0.142. The molecule has 102 valence electrons. The molecule has 6 nitrogen and oxygen atoms in total. The number of alkyl halides is 3. The molecule has 2 aliphatic rings. The maximum Gasteiger partial charge on any atom is 0.435 e. The third-order valence-electron chi connectivity index (χ3n) is 2.61. The van der Waals surface area contributed by atoms with Gasteiger partial charge in [-0.15, -0.1) is 0 Å². The summed E-state index contributed by atoms with van der Waals surface area (Å²) in [7, 11) is 1.15. The first kappa shape index (κ1) is 13.2. The zero-order chi connectivity index (χ0) is 14.4. The Balaban J connectivity index is 2.94. The Morgan fingerprint density at radius 2 is 1.95 bits per heavy atom. The molecule has 0 aromatic rings. The number of hydrogen-bond donors (Lipinski definition) is 0. The summed E-state index contributed by atoms with van der Waals surface area (Å²) in [6, 6.07) is 0.607. The average Bonchev–Trinajstić information content (AvgIpc) is 2.34. The van der Waals surface area contributed by atoms with Crippen molar-refractivity contribution in [3.63, 3.8) is 0 Å². The van der Waals surface area contributed by atoms with Crippen LogP contribution in [0.4, 0.5) is 13.2 Å². The van der Waals surface area contributed by atoms with Crippen molar-refractivity contribution in [1.29, 1.82) is 0 Å². The minimum absolute atomic E-state index is 0.0556. The highest BCUT2D eigenvalue weighted by Gasteiger charge is 2.35. The van der Waals surface area contributed by atoms with Crippen molar-refractivity contribution in [2.45, 2.75) is 19.6 Å². The Morgan fingerprint density at radius 1 is 1.32 bits per heavy atom. The Hall–Kier alpha value is -2.19. The summed E-state index contributed by atoms with van der Waals surface area (Å²) >= 11 is 0. The Bertz CT molecular complexity index is 716. The van der Waals surface area contributed by atoms with E-state index in [2.05, 4.69) is 10.1 Å². The zero-order valence-corrected chi connectivity index (χ0v) is 10.0. The Morgan fingerprint density at radius 3 is 2.47 bits per heavy atom. The fourth-order valence-electron chi connectivity index (χ4n) is 1.61. The monoisotopic (exact) mass is 274 g/mol. The van der Waals surface area contributed by atoms with Crippen molar-refractivity contribution in [1.82, 2.24) is 19.3 Å². The van der Waals surface area contributed by atoms with Gasteiger partial charge in [-0.25, -0.2) is 9.48 Å². The molecule has 0 unspecified atom stereocenters. The van der Waals surface area contributed by atoms with E-state index in [1.165, 1.54) is 6.92 Å². The molecule has 0 atom stereocenters. The molecule has 2 aliphatic heterocycles. The lowest BCUT2D eigenvalue weighted by atomic mass is 10.2. The van der Waals surface area contributed by atoms with Crippen molar-refractivity contribution in [2.24, 2.45) is 7.05 Å². The topological polar surface area (TPSA) is 69.8 Å². The normalized spacial score (nSPS) is 12.1. The van der Waals surface area contributed by atoms with Crippen molar-refractivity contribution >= 4 is 0 Å². The smallest absolute Gasteiger partial charge is 0.268 e. The van der Waals surface area contributed by atoms with Gasteiger partial charge >= 0.3 is 11.9 Å². The molecule has 0 aromatic carbocycles. The van der Waals surface area contributed by atoms with Gasteiger partial charge in [-0.2, -0.15) is 23.3 Å². The molecule has 9 heteroatoms. The molecule has 2 heterocycles. The molecule has 19 heavy (non-hydrogen) atoms. The van der Waals surface area contributed by atoms with E-state index >= 15 is 0 Å². The molecule has 0 N–H and O–H groups in total. The fraction of sp³-hybridized carbons (Fsp3) is 0.400. The molecule has 0 radical (unpaired) electrons. The number of aromatic nitrogens is 4. The zero-order valence-electron chi connectivity index (χ0n) is 10.0. The molecule has 0 saturated heterocycles. The minimum Gasteiger partial charge on any atom is -0.268 e. The van der Waals surface area contributed by atoms with E-state index in [-0.39, 0.29) is 17.9 Å². The number of nitrogens with zero attached hydrogens (tertiary/aromatic N) is 4. The van der Waals surface area contributed by atoms with Gasteiger partial charge in [0.05, 0.1) is 5.56 Å². The van der Waals surface area contributed by atoms with Gasteiger partial charge in [0, 0.05) is 13.6 Å². The maximum absolute atomic E-state index is 12.7. The molecule has 0 aliphatic carbocycles. The van der Waals surface area contributed by atoms with E-state index < -0.39 is 23.1 Å². The van der Waals surface area contributed by atoms with E-state index in [1.807, 2.05) is 0 Å². The predicted molar refractivity (Wildman–Crippen MR) is 58.8 cm³/mol. The van der Waals surface area contributed by atoms with Crippen LogP contribution in [-0.4, -0.2) is 19.3 Å². The predicted octanol–water partition coefficient (Wildman–Crippen LogP) is 0.480. The maximum atomic E-state index is 12.7. The third kappa shape index (κ3) is 2.11. The molecule has 0 saturated carbocycles. The van der Waals surface area contributed by atoms with Gasteiger partial charge in [0.15, 0.2) is 11.5 Å². The SMILES string of the molecule is CCn1nc(C(F)(F)F)cc2c(=O)n(C)c(=O)nc1-2. The minimum atomic E-state index is -4.67. The molecular formula is C10H9F3N4O2. The number of hydrogen-bond acceptors (Lipinski definition) is 4. The quantitative estimate of drug-likeness (QED) is 0.758. The largest absolute Gasteiger partial charge is 0.435 e. The molecule has 0 aromatic heterocycles. The summed E-state index contributed by atoms with van der Waals surface area (Å²) in [4.78, 5) is 26.8. The first-order valence-electron chi connectivity index (χ1n) is 5.31. The summed E-state index contributed by atoms with van der Waals surface area (Å²) in [6.45, 7) is 1.59. The lowest BCUT2D eigenvalue weighted by Gasteiger charge is -2.15. The van der Waals surface area contributed by atoms with Gasteiger partial charge in [-0.1, -0.05) is 0 Å². The van der Waals surface area contributed by atoms with Crippen LogP contribution in [0.15, 0.2) is 15.7 Å². The van der Waals surface area contributed by atoms with Crippen LogP contribution < -0.4 is 11.2 Å². The molecule has 0 fully saturated rings. The molecule has 0 amide bonds. The number of halogens is 3. The van der Waals surface area contributed by atoms with E-state index in [4.69, 9.17) is 0 Å². The van der Waals surface area contributed by atoms with Crippen molar-refractivity contribution in [2.75, 3.05) is 0 Å². The molecule has 0 spiro atoms. The van der Waals surface area contributed by atoms with Gasteiger partial charge < -0.3 is 0 Å². The first-order valence-corrected chi connectivity index (χ1v) is 5.31.